The lowest BCUT2D eigenvalue weighted by atomic mass is 9.63. The number of fused-ring (bicyclic) bond motifs is 2. The van der Waals surface area contributed by atoms with E-state index in [-0.39, 0.29) is 0 Å². The summed E-state index contributed by atoms with van der Waals surface area (Å²) in [5.41, 5.74) is 2.76. The fraction of sp³-hybridized carbons (Fsp3) is 0.593. The Kier molecular flexibility index (Phi) is 6.27. The van der Waals surface area contributed by atoms with Crippen LogP contribution in [0.15, 0.2) is 30.3 Å². The van der Waals surface area contributed by atoms with Crippen molar-refractivity contribution in [2.24, 2.45) is 17.8 Å². The van der Waals surface area contributed by atoms with Gasteiger partial charge in [0.1, 0.15) is 0 Å². The molecule has 2 aromatic rings. The highest BCUT2D eigenvalue weighted by Gasteiger charge is 2.35. The van der Waals surface area contributed by atoms with E-state index in [1.54, 1.807) is 6.07 Å². The van der Waals surface area contributed by atoms with Crippen LogP contribution in [0.1, 0.15) is 98.5 Å². The highest BCUT2D eigenvalue weighted by molar-refractivity contribution is 5.97. The fourth-order valence-corrected chi connectivity index (χ4v) is 6.22. The molecule has 29 heavy (non-hydrogen) atoms. The predicted octanol–water partition coefficient (Wildman–Crippen LogP) is 7.73. The number of unbranched alkanes of at least 4 members (excludes halogenated alkanes) is 2. The molecule has 2 nitrogen and oxygen atoms in total. The molecule has 1 N–H and O–H groups in total. The standard InChI is InChI=1S/C27H36O2/c1-3-4-5-6-19-7-8-21-16-22(10-9-20(21)15-19)23-11-13-25-18(2)26(27(28)29)14-12-24(25)17-23/h11-14,17,19-22H,3-10,15-16H2,1-2H3,(H,28,29). The van der Waals surface area contributed by atoms with Gasteiger partial charge in [0, 0.05) is 0 Å². The summed E-state index contributed by atoms with van der Waals surface area (Å²) in [4.78, 5) is 11.4. The minimum atomic E-state index is -0.836. The fourth-order valence-electron chi connectivity index (χ4n) is 6.22. The van der Waals surface area contributed by atoms with Crippen LogP contribution in [0.25, 0.3) is 10.8 Å². The molecule has 2 fully saturated rings. The average Bonchev–Trinajstić information content (AvgIpc) is 2.73. The third-order valence-corrected chi connectivity index (χ3v) is 7.95. The highest BCUT2D eigenvalue weighted by Crippen LogP contribution is 2.48. The van der Waals surface area contributed by atoms with Crippen LogP contribution in [0, 0.1) is 24.7 Å². The normalized spacial score (nSPS) is 27.0. The summed E-state index contributed by atoms with van der Waals surface area (Å²) in [5.74, 6) is 2.72. The van der Waals surface area contributed by atoms with Gasteiger partial charge in [-0.25, -0.2) is 4.79 Å². The molecule has 2 aliphatic carbocycles. The molecule has 0 radical (unpaired) electrons. The van der Waals surface area contributed by atoms with E-state index in [9.17, 15) is 9.90 Å². The third-order valence-electron chi connectivity index (χ3n) is 7.95. The van der Waals surface area contributed by atoms with E-state index in [0.717, 1.165) is 28.7 Å². The number of hydrogen-bond donors (Lipinski definition) is 1. The first-order valence-corrected chi connectivity index (χ1v) is 11.8. The molecule has 0 bridgehead atoms. The molecule has 0 spiro atoms. The number of aromatic carboxylic acids is 1. The van der Waals surface area contributed by atoms with Crippen molar-refractivity contribution >= 4 is 16.7 Å². The summed E-state index contributed by atoms with van der Waals surface area (Å²) in [7, 11) is 0. The summed E-state index contributed by atoms with van der Waals surface area (Å²) in [6.07, 6.45) is 14.1. The van der Waals surface area contributed by atoms with Gasteiger partial charge in [0.15, 0.2) is 0 Å². The second-order valence-corrected chi connectivity index (χ2v) is 9.73. The van der Waals surface area contributed by atoms with Gasteiger partial charge in [-0.3, -0.25) is 0 Å². The maximum absolute atomic E-state index is 11.4. The Labute approximate surface area is 175 Å². The molecule has 4 atom stereocenters. The van der Waals surface area contributed by atoms with Gasteiger partial charge in [-0.2, -0.15) is 0 Å². The molecule has 0 amide bonds. The Morgan fingerprint density at radius 1 is 1.00 bits per heavy atom. The smallest absolute Gasteiger partial charge is 0.335 e. The quantitative estimate of drug-likeness (QED) is 0.511. The maximum Gasteiger partial charge on any atom is 0.335 e. The molecular formula is C27H36O2. The zero-order valence-electron chi connectivity index (χ0n) is 18.1. The molecule has 156 valence electrons. The monoisotopic (exact) mass is 392 g/mol. The molecule has 4 rings (SSSR count). The first-order valence-electron chi connectivity index (χ1n) is 11.8. The topological polar surface area (TPSA) is 37.3 Å². The lowest BCUT2D eigenvalue weighted by Crippen LogP contribution is -2.30. The number of hydrogen-bond acceptors (Lipinski definition) is 1. The average molecular weight is 393 g/mol. The minimum absolute atomic E-state index is 0.418. The van der Waals surface area contributed by atoms with Crippen molar-refractivity contribution in [2.75, 3.05) is 0 Å². The molecular weight excluding hydrogens is 356 g/mol. The van der Waals surface area contributed by atoms with Gasteiger partial charge in [0.2, 0.25) is 0 Å². The molecule has 4 unspecified atom stereocenters. The van der Waals surface area contributed by atoms with Gasteiger partial charge < -0.3 is 5.11 Å². The number of carboxylic acid groups (broad SMARTS) is 1. The van der Waals surface area contributed by atoms with Crippen molar-refractivity contribution in [3.8, 4) is 0 Å². The first kappa shape index (κ1) is 20.4. The molecule has 0 aliphatic heterocycles. The van der Waals surface area contributed by atoms with Crippen molar-refractivity contribution in [3.05, 3.63) is 47.0 Å². The Morgan fingerprint density at radius 2 is 1.79 bits per heavy atom. The Hall–Kier alpha value is -1.83. The van der Waals surface area contributed by atoms with E-state index in [1.807, 2.05) is 13.0 Å². The van der Waals surface area contributed by atoms with Crippen molar-refractivity contribution in [3.63, 3.8) is 0 Å². The molecule has 0 aromatic heterocycles. The van der Waals surface area contributed by atoms with Crippen LogP contribution in [0.2, 0.25) is 0 Å². The van der Waals surface area contributed by atoms with Gasteiger partial charge in [0.25, 0.3) is 0 Å². The molecule has 2 saturated carbocycles. The van der Waals surface area contributed by atoms with Crippen LogP contribution in [-0.2, 0) is 0 Å². The molecule has 0 saturated heterocycles. The molecule has 2 heteroatoms. The van der Waals surface area contributed by atoms with Gasteiger partial charge in [-0.05, 0) is 90.7 Å². The van der Waals surface area contributed by atoms with Crippen LogP contribution in [0.3, 0.4) is 0 Å². The summed E-state index contributed by atoms with van der Waals surface area (Å²) in [6.45, 7) is 4.23. The lowest BCUT2D eigenvalue weighted by Gasteiger charge is -2.42. The van der Waals surface area contributed by atoms with Crippen LogP contribution in [0.5, 0.6) is 0 Å². The third kappa shape index (κ3) is 4.37. The number of carboxylic acids is 1. The van der Waals surface area contributed by atoms with Gasteiger partial charge in [0.05, 0.1) is 5.56 Å². The minimum Gasteiger partial charge on any atom is -0.478 e. The summed E-state index contributed by atoms with van der Waals surface area (Å²) >= 11 is 0. The van der Waals surface area contributed by atoms with Crippen LogP contribution in [-0.4, -0.2) is 11.1 Å². The summed E-state index contributed by atoms with van der Waals surface area (Å²) < 4.78 is 0. The van der Waals surface area contributed by atoms with Gasteiger partial charge in [-0.15, -0.1) is 0 Å². The molecule has 2 aliphatic rings. The number of carbonyl (C=O) groups is 1. The summed E-state index contributed by atoms with van der Waals surface area (Å²) in [5, 5.41) is 11.6. The van der Waals surface area contributed by atoms with E-state index in [4.69, 9.17) is 0 Å². The first-order chi connectivity index (χ1) is 14.1. The van der Waals surface area contributed by atoms with Crippen molar-refractivity contribution in [1.82, 2.24) is 0 Å². The predicted molar refractivity (Wildman–Crippen MR) is 121 cm³/mol. The second-order valence-electron chi connectivity index (χ2n) is 9.73. The van der Waals surface area contributed by atoms with Crippen molar-refractivity contribution in [2.45, 2.75) is 84.0 Å². The number of aryl methyl sites for hydroxylation is 1. The number of benzene rings is 2. The largest absolute Gasteiger partial charge is 0.478 e. The number of rotatable bonds is 6. The van der Waals surface area contributed by atoms with Gasteiger partial charge >= 0.3 is 5.97 Å². The van der Waals surface area contributed by atoms with E-state index in [0.29, 0.717) is 11.5 Å². The molecule has 0 heterocycles. The van der Waals surface area contributed by atoms with E-state index in [2.05, 4.69) is 25.1 Å². The maximum atomic E-state index is 11.4. The Morgan fingerprint density at radius 3 is 2.59 bits per heavy atom. The van der Waals surface area contributed by atoms with E-state index < -0.39 is 5.97 Å². The van der Waals surface area contributed by atoms with Crippen LogP contribution < -0.4 is 0 Å². The van der Waals surface area contributed by atoms with Crippen molar-refractivity contribution in [1.29, 1.82) is 0 Å². The van der Waals surface area contributed by atoms with E-state index >= 15 is 0 Å². The summed E-state index contributed by atoms with van der Waals surface area (Å²) in [6, 6.07) is 10.5. The SMILES string of the molecule is CCCCCC1CCC2CC(c3ccc4c(C)c(C(=O)O)ccc4c3)CCC2C1. The van der Waals surface area contributed by atoms with E-state index in [1.165, 1.54) is 75.2 Å². The van der Waals surface area contributed by atoms with Crippen molar-refractivity contribution < 1.29 is 9.90 Å². The van der Waals surface area contributed by atoms with Crippen LogP contribution >= 0.6 is 0 Å². The van der Waals surface area contributed by atoms with Gasteiger partial charge in [-0.1, -0.05) is 63.3 Å². The zero-order valence-corrected chi connectivity index (χ0v) is 18.1. The highest BCUT2D eigenvalue weighted by atomic mass is 16.4. The zero-order chi connectivity index (χ0) is 20.4. The Balaban J connectivity index is 1.44. The second kappa shape index (κ2) is 8.90. The molecule has 2 aromatic carbocycles. The Bertz CT molecular complexity index is 868. The van der Waals surface area contributed by atoms with Crippen LogP contribution in [0.4, 0.5) is 0 Å². The lowest BCUT2D eigenvalue weighted by molar-refractivity contribution is 0.0696.